The Morgan fingerprint density at radius 1 is 1.06 bits per heavy atom. The van der Waals surface area contributed by atoms with Gasteiger partial charge in [0.05, 0.1) is 36.7 Å². The number of morpholine rings is 1. The van der Waals surface area contributed by atoms with Crippen molar-refractivity contribution < 1.29 is 14.2 Å². The third kappa shape index (κ3) is 6.46. The highest BCUT2D eigenvalue weighted by Crippen LogP contribution is 2.35. The van der Waals surface area contributed by atoms with Gasteiger partial charge in [-0.15, -0.1) is 5.10 Å². The monoisotopic (exact) mass is 472 g/mol. The molecule has 1 saturated heterocycles. The molecule has 0 spiro atoms. The minimum absolute atomic E-state index is 0.244. The first kappa shape index (κ1) is 24.9. The molecule has 9 heteroatoms. The lowest BCUT2D eigenvalue weighted by molar-refractivity contribution is -0.0852. The molecule has 1 aliphatic carbocycles. The summed E-state index contributed by atoms with van der Waals surface area (Å²) in [5.74, 6) is 1.11. The normalized spacial score (nSPS) is 26.4. The quantitative estimate of drug-likeness (QED) is 0.581. The molecule has 9 nitrogen and oxygen atoms in total. The average molecular weight is 473 g/mol. The highest BCUT2D eigenvalue weighted by atomic mass is 16.5. The number of hydrogen-bond donors (Lipinski definition) is 1. The molecule has 0 amide bonds. The first-order valence-corrected chi connectivity index (χ1v) is 12.5. The van der Waals surface area contributed by atoms with Gasteiger partial charge in [0, 0.05) is 45.1 Å². The molecule has 4 rings (SSSR count). The van der Waals surface area contributed by atoms with Crippen LogP contribution in [0.15, 0.2) is 24.7 Å². The van der Waals surface area contributed by atoms with Crippen molar-refractivity contribution in [3.8, 4) is 5.88 Å². The molecule has 0 aromatic carbocycles. The second-order valence-corrected chi connectivity index (χ2v) is 10.3. The van der Waals surface area contributed by atoms with Crippen LogP contribution in [0.25, 0.3) is 0 Å². The molecule has 3 heterocycles. The molecule has 1 aliphatic heterocycles. The number of aromatic nitrogens is 4. The van der Waals surface area contributed by atoms with E-state index in [1.54, 1.807) is 25.6 Å². The van der Waals surface area contributed by atoms with Crippen molar-refractivity contribution in [2.24, 2.45) is 0 Å². The molecular weight excluding hydrogens is 432 g/mol. The van der Waals surface area contributed by atoms with Gasteiger partial charge in [0.1, 0.15) is 5.69 Å². The van der Waals surface area contributed by atoms with Crippen LogP contribution >= 0.6 is 0 Å². The molecule has 188 valence electrons. The molecule has 0 radical (unpaired) electrons. The van der Waals surface area contributed by atoms with Crippen LogP contribution in [0.3, 0.4) is 0 Å². The Hall–Kier alpha value is -2.23. The summed E-state index contributed by atoms with van der Waals surface area (Å²) in [4.78, 5) is 11.2. The predicted octanol–water partition coefficient (Wildman–Crippen LogP) is 4.20. The lowest BCUT2D eigenvalue weighted by Crippen LogP contribution is -2.51. The second-order valence-electron chi connectivity index (χ2n) is 10.3. The average Bonchev–Trinajstić information content (AvgIpc) is 3.21. The number of methoxy groups -OCH3 is 1. The molecule has 1 N–H and O–H groups in total. The van der Waals surface area contributed by atoms with Crippen LogP contribution in [0.1, 0.15) is 65.8 Å². The maximum absolute atomic E-state index is 6.11. The summed E-state index contributed by atoms with van der Waals surface area (Å²) in [6.45, 7) is 11.0. The van der Waals surface area contributed by atoms with Crippen LogP contribution in [0.5, 0.6) is 5.88 Å². The Kier molecular flexibility index (Phi) is 8.06. The van der Waals surface area contributed by atoms with Crippen molar-refractivity contribution in [1.29, 1.82) is 0 Å². The summed E-state index contributed by atoms with van der Waals surface area (Å²) in [5.41, 5.74) is 0.547. The largest absolute Gasteiger partial charge is 0.475 e. The number of nitrogens with zero attached hydrogens (tertiary/aromatic N) is 5. The fraction of sp³-hybridized carbons (Fsp3) is 0.720. The molecule has 2 aromatic heterocycles. The van der Waals surface area contributed by atoms with Gasteiger partial charge in [0.25, 0.3) is 5.88 Å². The SMILES string of the molecule is COC(C)(C)CCOc1nn(C2CCC(N3C[C@@H](C)O[C@@H](C)C3)CC2)cc1Nc1ncccn1. The van der Waals surface area contributed by atoms with Crippen molar-refractivity contribution in [3.05, 3.63) is 24.7 Å². The van der Waals surface area contributed by atoms with Gasteiger partial charge in [-0.25, -0.2) is 9.97 Å². The van der Waals surface area contributed by atoms with Gasteiger partial charge in [-0.2, -0.15) is 0 Å². The van der Waals surface area contributed by atoms with Gasteiger partial charge >= 0.3 is 0 Å². The lowest BCUT2D eigenvalue weighted by atomic mass is 9.89. The van der Waals surface area contributed by atoms with Crippen molar-refractivity contribution in [3.63, 3.8) is 0 Å². The molecule has 0 unspecified atom stereocenters. The minimum Gasteiger partial charge on any atom is -0.475 e. The number of rotatable bonds is 9. The smallest absolute Gasteiger partial charge is 0.256 e. The zero-order valence-electron chi connectivity index (χ0n) is 21.2. The van der Waals surface area contributed by atoms with E-state index in [1.165, 1.54) is 12.8 Å². The van der Waals surface area contributed by atoms with Crippen LogP contribution < -0.4 is 10.1 Å². The van der Waals surface area contributed by atoms with Crippen LogP contribution in [0.2, 0.25) is 0 Å². The molecule has 2 aromatic rings. The van der Waals surface area contributed by atoms with Gasteiger partial charge in [-0.1, -0.05) is 0 Å². The van der Waals surface area contributed by atoms with E-state index in [0.717, 1.165) is 38.0 Å². The fourth-order valence-electron chi connectivity index (χ4n) is 4.94. The topological polar surface area (TPSA) is 86.6 Å². The molecule has 2 fully saturated rings. The summed E-state index contributed by atoms with van der Waals surface area (Å²) in [7, 11) is 1.73. The Bertz CT molecular complexity index is 887. The number of nitrogens with one attached hydrogen (secondary N) is 1. The van der Waals surface area contributed by atoms with Gasteiger partial charge in [-0.05, 0) is 59.4 Å². The Morgan fingerprint density at radius 2 is 1.71 bits per heavy atom. The maximum atomic E-state index is 6.11. The lowest BCUT2D eigenvalue weighted by Gasteiger charge is -2.42. The summed E-state index contributed by atoms with van der Waals surface area (Å²) < 4.78 is 19.6. The van der Waals surface area contributed by atoms with Gasteiger partial charge in [0.15, 0.2) is 0 Å². The Labute approximate surface area is 203 Å². The highest BCUT2D eigenvalue weighted by Gasteiger charge is 2.32. The van der Waals surface area contributed by atoms with E-state index in [2.05, 4.69) is 52.6 Å². The third-order valence-electron chi connectivity index (χ3n) is 7.01. The second kappa shape index (κ2) is 11.0. The molecule has 0 bridgehead atoms. The molecule has 2 atom stereocenters. The van der Waals surface area contributed by atoms with E-state index >= 15 is 0 Å². The van der Waals surface area contributed by atoms with E-state index in [-0.39, 0.29) is 5.60 Å². The van der Waals surface area contributed by atoms with E-state index in [1.807, 2.05) is 6.20 Å². The molecular formula is C25H40N6O3. The van der Waals surface area contributed by atoms with Crippen LogP contribution in [-0.4, -0.2) is 75.3 Å². The Morgan fingerprint density at radius 3 is 2.35 bits per heavy atom. The van der Waals surface area contributed by atoms with Gasteiger partial charge < -0.3 is 19.5 Å². The van der Waals surface area contributed by atoms with Crippen molar-refractivity contribution in [2.75, 3.05) is 32.1 Å². The molecule has 2 aliphatic rings. The van der Waals surface area contributed by atoms with Crippen molar-refractivity contribution in [2.45, 2.75) is 89.7 Å². The number of ether oxygens (including phenoxy) is 3. The zero-order valence-corrected chi connectivity index (χ0v) is 21.2. The standard InChI is InChI=1S/C25H40N6O3/c1-18-15-30(16-19(2)34-18)20-7-9-21(10-8-20)31-17-22(28-24-26-12-6-13-27-24)23(29-31)33-14-11-25(3,4)32-5/h6,12-13,17-21H,7-11,14-16H2,1-5H3,(H,26,27,28)/t18-,19+,20?,21?. The summed E-state index contributed by atoms with van der Waals surface area (Å²) in [5, 5.41) is 8.12. The van der Waals surface area contributed by atoms with E-state index in [9.17, 15) is 0 Å². The van der Waals surface area contributed by atoms with Gasteiger partial charge in [0.2, 0.25) is 5.95 Å². The highest BCUT2D eigenvalue weighted by molar-refractivity contribution is 5.58. The Balaban J connectivity index is 1.42. The minimum atomic E-state index is -0.244. The van der Waals surface area contributed by atoms with Gasteiger partial charge in [-0.3, -0.25) is 9.58 Å². The van der Waals surface area contributed by atoms with E-state index in [0.29, 0.717) is 42.7 Å². The molecule has 34 heavy (non-hydrogen) atoms. The number of anilines is 2. The van der Waals surface area contributed by atoms with Crippen molar-refractivity contribution in [1.82, 2.24) is 24.6 Å². The zero-order chi connectivity index (χ0) is 24.1. The van der Waals surface area contributed by atoms with E-state index < -0.39 is 0 Å². The summed E-state index contributed by atoms with van der Waals surface area (Å²) >= 11 is 0. The van der Waals surface area contributed by atoms with Crippen LogP contribution in [0, 0.1) is 0 Å². The van der Waals surface area contributed by atoms with Crippen LogP contribution in [0.4, 0.5) is 11.6 Å². The molecule has 1 saturated carbocycles. The third-order valence-corrected chi connectivity index (χ3v) is 7.01. The summed E-state index contributed by atoms with van der Waals surface area (Å²) in [6.07, 6.45) is 11.4. The number of hydrogen-bond acceptors (Lipinski definition) is 8. The fourth-order valence-corrected chi connectivity index (χ4v) is 4.94. The maximum Gasteiger partial charge on any atom is 0.256 e. The van der Waals surface area contributed by atoms with Crippen molar-refractivity contribution >= 4 is 11.6 Å². The van der Waals surface area contributed by atoms with E-state index in [4.69, 9.17) is 19.3 Å². The predicted molar refractivity (Wildman–Crippen MR) is 132 cm³/mol. The van der Waals surface area contributed by atoms with Crippen LogP contribution in [-0.2, 0) is 9.47 Å². The first-order chi connectivity index (χ1) is 16.3. The summed E-state index contributed by atoms with van der Waals surface area (Å²) in [6, 6.07) is 2.79. The first-order valence-electron chi connectivity index (χ1n) is 12.5.